The molecule has 0 radical (unpaired) electrons. The molecule has 2 aromatic carbocycles. The number of para-hydroxylation sites is 1. The maximum Gasteiger partial charge on any atom is 0.243 e. The zero-order valence-electron chi connectivity index (χ0n) is 13.4. The number of hydrogen-bond acceptors (Lipinski definition) is 5. The fraction of sp³-hybridized carbons (Fsp3) is 0.118. The molecule has 0 aliphatic carbocycles. The van der Waals surface area contributed by atoms with E-state index in [1.54, 1.807) is 42.6 Å². The third kappa shape index (κ3) is 3.87. The fourth-order valence-electron chi connectivity index (χ4n) is 2.40. The van der Waals surface area contributed by atoms with E-state index in [-0.39, 0.29) is 16.3 Å². The number of sulfone groups is 1. The number of pyridine rings is 1. The number of benzene rings is 2. The molecule has 0 amide bonds. The van der Waals surface area contributed by atoms with E-state index < -0.39 is 19.9 Å². The average Bonchev–Trinajstić information content (AvgIpc) is 2.59. The molecule has 3 aromatic rings. The molecule has 0 bridgehead atoms. The summed E-state index contributed by atoms with van der Waals surface area (Å²) in [6, 6.07) is 14.6. The predicted octanol–water partition coefficient (Wildman–Crippen LogP) is 2.12. The number of nitrogens with zero attached hydrogens (tertiary/aromatic N) is 1. The van der Waals surface area contributed by atoms with Gasteiger partial charge in [0.15, 0.2) is 9.84 Å². The number of aromatic nitrogens is 1. The second-order valence-corrected chi connectivity index (χ2v) is 9.32. The molecule has 6 nitrogen and oxygen atoms in total. The van der Waals surface area contributed by atoms with Gasteiger partial charge in [0.1, 0.15) is 4.90 Å². The lowest BCUT2D eigenvalue weighted by Gasteiger charge is -2.09. The van der Waals surface area contributed by atoms with Gasteiger partial charge < -0.3 is 0 Å². The van der Waals surface area contributed by atoms with Crippen LogP contribution in [0.3, 0.4) is 0 Å². The van der Waals surface area contributed by atoms with Crippen molar-refractivity contribution in [2.45, 2.75) is 16.3 Å². The van der Waals surface area contributed by atoms with Crippen LogP contribution < -0.4 is 4.72 Å². The summed E-state index contributed by atoms with van der Waals surface area (Å²) in [6.07, 6.45) is 2.67. The second-order valence-electron chi connectivity index (χ2n) is 5.57. The van der Waals surface area contributed by atoms with Crippen LogP contribution in [0.25, 0.3) is 10.9 Å². The quantitative estimate of drug-likeness (QED) is 0.736. The third-order valence-electron chi connectivity index (χ3n) is 3.70. The first-order valence-electron chi connectivity index (χ1n) is 7.40. The number of fused-ring (bicyclic) bond motifs is 1. The van der Waals surface area contributed by atoms with Gasteiger partial charge in [-0.15, -0.1) is 0 Å². The molecule has 0 aliphatic rings. The topological polar surface area (TPSA) is 93.2 Å². The number of nitrogens with one attached hydrogen (secondary N) is 1. The smallest absolute Gasteiger partial charge is 0.243 e. The van der Waals surface area contributed by atoms with Gasteiger partial charge in [-0.1, -0.05) is 30.3 Å². The van der Waals surface area contributed by atoms with Gasteiger partial charge in [-0.25, -0.2) is 21.6 Å². The van der Waals surface area contributed by atoms with Crippen LogP contribution in [0.4, 0.5) is 0 Å². The van der Waals surface area contributed by atoms with E-state index in [2.05, 4.69) is 9.71 Å². The van der Waals surface area contributed by atoms with Crippen LogP contribution in [0.15, 0.2) is 70.6 Å². The van der Waals surface area contributed by atoms with Crippen molar-refractivity contribution in [3.8, 4) is 0 Å². The summed E-state index contributed by atoms with van der Waals surface area (Å²) in [7, 11) is -7.03. The summed E-state index contributed by atoms with van der Waals surface area (Å²) >= 11 is 0. The van der Waals surface area contributed by atoms with Crippen molar-refractivity contribution in [3.63, 3.8) is 0 Å². The molecule has 0 aliphatic heterocycles. The van der Waals surface area contributed by atoms with Gasteiger partial charge in [0.05, 0.1) is 10.4 Å². The summed E-state index contributed by atoms with van der Waals surface area (Å²) < 4.78 is 50.6. The average molecular weight is 376 g/mol. The first-order valence-corrected chi connectivity index (χ1v) is 10.8. The van der Waals surface area contributed by atoms with Crippen LogP contribution in [0.5, 0.6) is 0 Å². The second kappa shape index (κ2) is 6.55. The summed E-state index contributed by atoms with van der Waals surface area (Å²) in [6.45, 7) is 0.0512. The minimum atomic E-state index is -3.75. The monoisotopic (exact) mass is 376 g/mol. The summed E-state index contributed by atoms with van der Waals surface area (Å²) in [4.78, 5) is 4.46. The Morgan fingerprint density at radius 1 is 0.920 bits per heavy atom. The van der Waals surface area contributed by atoms with Crippen molar-refractivity contribution in [2.24, 2.45) is 0 Å². The van der Waals surface area contributed by atoms with Gasteiger partial charge in [0.25, 0.3) is 0 Å². The van der Waals surface area contributed by atoms with E-state index in [0.29, 0.717) is 11.1 Å². The summed E-state index contributed by atoms with van der Waals surface area (Å²) in [5.74, 6) is 0. The predicted molar refractivity (Wildman–Crippen MR) is 95.3 cm³/mol. The van der Waals surface area contributed by atoms with E-state index in [0.717, 1.165) is 11.6 Å². The first kappa shape index (κ1) is 17.5. The van der Waals surface area contributed by atoms with E-state index in [4.69, 9.17) is 0 Å². The number of hydrogen-bond donors (Lipinski definition) is 1. The molecule has 25 heavy (non-hydrogen) atoms. The summed E-state index contributed by atoms with van der Waals surface area (Å²) in [5.41, 5.74) is 1.06. The van der Waals surface area contributed by atoms with E-state index in [1.165, 1.54) is 18.2 Å². The Bertz CT molecular complexity index is 1120. The van der Waals surface area contributed by atoms with Gasteiger partial charge in [0, 0.05) is 24.4 Å². The lowest BCUT2D eigenvalue weighted by atomic mass is 10.2. The van der Waals surface area contributed by atoms with Gasteiger partial charge in [0.2, 0.25) is 10.0 Å². The van der Waals surface area contributed by atoms with Crippen LogP contribution in [0.2, 0.25) is 0 Å². The van der Waals surface area contributed by atoms with Crippen LogP contribution in [0.1, 0.15) is 5.56 Å². The van der Waals surface area contributed by atoms with Crippen molar-refractivity contribution < 1.29 is 16.8 Å². The molecule has 3 rings (SSSR count). The largest absolute Gasteiger partial charge is 0.255 e. The Morgan fingerprint density at radius 2 is 1.60 bits per heavy atom. The standard InChI is InChI=1S/C17H16N2O4S2/c1-24(20,21)15-9-7-13(8-10-15)12-19-25(22,23)16-6-2-4-14-5-3-11-18-17(14)16/h2-11,19H,12H2,1H3. The highest BCUT2D eigenvalue weighted by Crippen LogP contribution is 2.20. The maximum absolute atomic E-state index is 12.6. The van der Waals surface area contributed by atoms with Crippen molar-refractivity contribution in [3.05, 3.63) is 66.4 Å². The van der Waals surface area contributed by atoms with Crippen molar-refractivity contribution in [1.29, 1.82) is 0 Å². The number of rotatable bonds is 5. The van der Waals surface area contributed by atoms with E-state index in [9.17, 15) is 16.8 Å². The Hall–Kier alpha value is -2.29. The minimum absolute atomic E-state index is 0.0512. The van der Waals surface area contributed by atoms with Crippen LogP contribution in [-0.4, -0.2) is 28.1 Å². The van der Waals surface area contributed by atoms with Crippen LogP contribution in [0, 0.1) is 0 Å². The molecule has 0 spiro atoms. The zero-order valence-corrected chi connectivity index (χ0v) is 15.0. The highest BCUT2D eigenvalue weighted by molar-refractivity contribution is 7.90. The third-order valence-corrected chi connectivity index (χ3v) is 6.26. The molecule has 1 N–H and O–H groups in total. The molecular weight excluding hydrogens is 360 g/mol. The molecule has 0 unspecified atom stereocenters. The molecule has 0 saturated heterocycles. The van der Waals surface area contributed by atoms with Gasteiger partial charge >= 0.3 is 0 Å². The lowest BCUT2D eigenvalue weighted by Crippen LogP contribution is -2.23. The molecular formula is C17H16N2O4S2. The molecule has 130 valence electrons. The molecule has 0 saturated carbocycles. The zero-order chi connectivity index (χ0) is 18.1. The van der Waals surface area contributed by atoms with Crippen LogP contribution in [-0.2, 0) is 26.4 Å². The van der Waals surface area contributed by atoms with Crippen molar-refractivity contribution in [2.75, 3.05) is 6.26 Å². The Morgan fingerprint density at radius 3 is 2.28 bits per heavy atom. The van der Waals surface area contributed by atoms with E-state index in [1.807, 2.05) is 0 Å². The number of sulfonamides is 1. The molecule has 8 heteroatoms. The van der Waals surface area contributed by atoms with Crippen molar-refractivity contribution in [1.82, 2.24) is 9.71 Å². The Labute approximate surface area is 146 Å². The molecule has 0 fully saturated rings. The normalized spacial score (nSPS) is 12.4. The molecule has 0 atom stereocenters. The highest BCUT2D eigenvalue weighted by atomic mass is 32.2. The van der Waals surface area contributed by atoms with E-state index >= 15 is 0 Å². The molecule has 1 aromatic heterocycles. The lowest BCUT2D eigenvalue weighted by molar-refractivity contribution is 0.581. The van der Waals surface area contributed by atoms with Gasteiger partial charge in [-0.2, -0.15) is 0 Å². The Kier molecular flexibility index (Phi) is 4.59. The first-order chi connectivity index (χ1) is 11.8. The Balaban J connectivity index is 1.84. The maximum atomic E-state index is 12.6. The molecule has 1 heterocycles. The SMILES string of the molecule is CS(=O)(=O)c1ccc(CNS(=O)(=O)c2cccc3cccnc23)cc1. The minimum Gasteiger partial charge on any atom is -0.255 e. The fourth-order valence-corrected chi connectivity index (χ4v) is 4.23. The van der Waals surface area contributed by atoms with Gasteiger partial charge in [-0.3, -0.25) is 4.98 Å². The summed E-state index contributed by atoms with van der Waals surface area (Å²) in [5, 5.41) is 0.739. The van der Waals surface area contributed by atoms with Crippen LogP contribution >= 0.6 is 0 Å². The van der Waals surface area contributed by atoms with Gasteiger partial charge in [-0.05, 0) is 29.8 Å². The van der Waals surface area contributed by atoms with Crippen molar-refractivity contribution >= 4 is 30.8 Å². The highest BCUT2D eigenvalue weighted by Gasteiger charge is 2.18.